The second kappa shape index (κ2) is 7.98. The van der Waals surface area contributed by atoms with E-state index in [0.717, 1.165) is 0 Å². The maximum Gasteiger partial charge on any atom is 0.240 e. The van der Waals surface area contributed by atoms with Crippen molar-refractivity contribution in [2.24, 2.45) is 0 Å². The van der Waals surface area contributed by atoms with E-state index in [9.17, 15) is 13.2 Å². The van der Waals surface area contributed by atoms with Gasteiger partial charge in [0.2, 0.25) is 15.9 Å². The molecule has 0 aliphatic heterocycles. The topological polar surface area (TPSA) is 66.5 Å². The van der Waals surface area contributed by atoms with Gasteiger partial charge < -0.3 is 4.90 Å². The first kappa shape index (κ1) is 18.7. The van der Waals surface area contributed by atoms with Crippen LogP contribution in [0.2, 0.25) is 10.0 Å². The van der Waals surface area contributed by atoms with Crippen molar-refractivity contribution in [2.45, 2.75) is 11.8 Å². The zero-order valence-corrected chi connectivity index (χ0v) is 15.2. The van der Waals surface area contributed by atoms with Crippen LogP contribution in [0.25, 0.3) is 0 Å². The third-order valence-corrected chi connectivity index (χ3v) is 5.27. The minimum Gasteiger partial charge on any atom is -0.310 e. The van der Waals surface area contributed by atoms with Crippen LogP contribution < -0.4 is 9.62 Å². The smallest absolute Gasteiger partial charge is 0.240 e. The molecule has 2 rings (SSSR count). The standard InChI is InChI=1S/C16H16Cl2N2O3S/c1-12(21)20(16-8-3-2-7-15(16)18)10-9-19-24(22,23)14-6-4-5-13(17)11-14/h2-8,11,19H,9-10H2,1H3. The maximum atomic E-state index is 12.2. The van der Waals surface area contributed by atoms with E-state index in [-0.39, 0.29) is 23.9 Å². The summed E-state index contributed by atoms with van der Waals surface area (Å²) in [5, 5.41) is 0.754. The first-order valence-electron chi connectivity index (χ1n) is 7.09. The lowest BCUT2D eigenvalue weighted by Crippen LogP contribution is -2.37. The molecule has 0 radical (unpaired) electrons. The molecule has 0 spiro atoms. The SMILES string of the molecule is CC(=O)N(CCNS(=O)(=O)c1cccc(Cl)c1)c1ccccc1Cl. The number of benzene rings is 2. The Bertz CT molecular complexity index is 841. The van der Waals surface area contributed by atoms with Crippen molar-refractivity contribution in [1.82, 2.24) is 4.72 Å². The summed E-state index contributed by atoms with van der Waals surface area (Å²) in [7, 11) is -3.70. The number of nitrogens with zero attached hydrogens (tertiary/aromatic N) is 1. The zero-order chi connectivity index (χ0) is 17.7. The van der Waals surface area contributed by atoms with Crippen molar-refractivity contribution in [3.8, 4) is 0 Å². The summed E-state index contributed by atoms with van der Waals surface area (Å²) in [5.41, 5.74) is 0.536. The Kier molecular flexibility index (Phi) is 6.23. The Morgan fingerprint density at radius 1 is 1.12 bits per heavy atom. The van der Waals surface area contributed by atoms with Gasteiger partial charge in [-0.25, -0.2) is 13.1 Å². The summed E-state index contributed by atoms with van der Waals surface area (Å²) in [6.45, 7) is 1.59. The van der Waals surface area contributed by atoms with Gasteiger partial charge in [0.15, 0.2) is 0 Å². The van der Waals surface area contributed by atoms with E-state index in [1.807, 2.05) is 0 Å². The van der Waals surface area contributed by atoms with Crippen molar-refractivity contribution in [2.75, 3.05) is 18.0 Å². The number of hydrogen-bond donors (Lipinski definition) is 1. The van der Waals surface area contributed by atoms with Gasteiger partial charge in [0.05, 0.1) is 15.6 Å². The highest BCUT2D eigenvalue weighted by molar-refractivity contribution is 7.89. The molecule has 1 N–H and O–H groups in total. The molecule has 2 aromatic rings. The number of amides is 1. The van der Waals surface area contributed by atoms with Gasteiger partial charge in [-0.2, -0.15) is 0 Å². The van der Waals surface area contributed by atoms with E-state index < -0.39 is 10.0 Å². The molecule has 0 aliphatic rings. The third kappa shape index (κ3) is 4.70. The van der Waals surface area contributed by atoms with E-state index in [1.165, 1.54) is 24.0 Å². The molecule has 0 bridgehead atoms. The minimum absolute atomic E-state index is 0.0413. The molecular weight excluding hydrogens is 371 g/mol. The van der Waals surface area contributed by atoms with Crippen LogP contribution in [0.5, 0.6) is 0 Å². The van der Waals surface area contributed by atoms with Gasteiger partial charge in [-0.15, -0.1) is 0 Å². The molecule has 8 heteroatoms. The van der Waals surface area contributed by atoms with Crippen LogP contribution in [0, 0.1) is 0 Å². The van der Waals surface area contributed by atoms with Crippen molar-refractivity contribution in [3.63, 3.8) is 0 Å². The van der Waals surface area contributed by atoms with Gasteiger partial charge in [-0.1, -0.05) is 41.4 Å². The van der Waals surface area contributed by atoms with Gasteiger partial charge in [0, 0.05) is 25.0 Å². The molecule has 0 fully saturated rings. The lowest BCUT2D eigenvalue weighted by molar-refractivity contribution is -0.116. The second-order valence-electron chi connectivity index (χ2n) is 4.98. The molecule has 0 saturated carbocycles. The highest BCUT2D eigenvalue weighted by Gasteiger charge is 2.17. The summed E-state index contributed by atoms with van der Waals surface area (Å²) in [6, 6.07) is 12.8. The Balaban J connectivity index is 2.08. The highest BCUT2D eigenvalue weighted by Crippen LogP contribution is 2.25. The number of nitrogens with one attached hydrogen (secondary N) is 1. The van der Waals surface area contributed by atoms with E-state index in [2.05, 4.69) is 4.72 Å². The van der Waals surface area contributed by atoms with Gasteiger partial charge >= 0.3 is 0 Å². The van der Waals surface area contributed by atoms with Gasteiger partial charge in [-0.3, -0.25) is 4.79 Å². The molecule has 0 heterocycles. The molecule has 24 heavy (non-hydrogen) atoms. The summed E-state index contributed by atoms with van der Waals surface area (Å²) in [4.78, 5) is 13.3. The molecule has 0 atom stereocenters. The molecule has 0 unspecified atom stereocenters. The first-order chi connectivity index (χ1) is 11.3. The number of para-hydroxylation sites is 1. The van der Waals surface area contributed by atoms with E-state index in [0.29, 0.717) is 15.7 Å². The largest absolute Gasteiger partial charge is 0.310 e. The Morgan fingerprint density at radius 3 is 2.46 bits per heavy atom. The average molecular weight is 387 g/mol. The van der Waals surface area contributed by atoms with Crippen LogP contribution in [0.1, 0.15) is 6.92 Å². The Labute approximate surface area is 151 Å². The Morgan fingerprint density at radius 2 is 1.83 bits per heavy atom. The van der Waals surface area contributed by atoms with Crippen LogP contribution >= 0.6 is 23.2 Å². The summed E-state index contributed by atoms with van der Waals surface area (Å²) < 4.78 is 26.9. The molecule has 2 aromatic carbocycles. The predicted octanol–water partition coefficient (Wildman–Crippen LogP) is 3.32. The second-order valence-corrected chi connectivity index (χ2v) is 7.59. The maximum absolute atomic E-state index is 12.2. The molecule has 128 valence electrons. The van der Waals surface area contributed by atoms with Gasteiger partial charge in [-0.05, 0) is 30.3 Å². The van der Waals surface area contributed by atoms with Crippen molar-refractivity contribution in [1.29, 1.82) is 0 Å². The van der Waals surface area contributed by atoms with Crippen LogP contribution in [0.15, 0.2) is 53.4 Å². The number of anilines is 1. The summed E-state index contributed by atoms with van der Waals surface area (Å²) in [6.07, 6.45) is 0. The monoisotopic (exact) mass is 386 g/mol. The number of carbonyl (C=O) groups is 1. The number of rotatable bonds is 6. The van der Waals surface area contributed by atoms with E-state index in [4.69, 9.17) is 23.2 Å². The van der Waals surface area contributed by atoms with Crippen molar-refractivity contribution in [3.05, 3.63) is 58.6 Å². The van der Waals surface area contributed by atoms with Crippen molar-refractivity contribution < 1.29 is 13.2 Å². The van der Waals surface area contributed by atoms with Crippen molar-refractivity contribution >= 4 is 44.8 Å². The molecule has 1 amide bonds. The highest BCUT2D eigenvalue weighted by atomic mass is 35.5. The fourth-order valence-electron chi connectivity index (χ4n) is 2.13. The normalized spacial score (nSPS) is 11.3. The van der Waals surface area contributed by atoms with Gasteiger partial charge in [0.1, 0.15) is 0 Å². The predicted molar refractivity (Wildman–Crippen MR) is 96.1 cm³/mol. The van der Waals surface area contributed by atoms with E-state index >= 15 is 0 Å². The van der Waals surface area contributed by atoms with Crippen LogP contribution in [-0.4, -0.2) is 27.4 Å². The van der Waals surface area contributed by atoms with E-state index in [1.54, 1.807) is 36.4 Å². The van der Waals surface area contributed by atoms with Crippen LogP contribution in [-0.2, 0) is 14.8 Å². The fraction of sp³-hybridized carbons (Fsp3) is 0.188. The molecule has 0 saturated heterocycles. The minimum atomic E-state index is -3.70. The first-order valence-corrected chi connectivity index (χ1v) is 9.33. The van der Waals surface area contributed by atoms with Crippen LogP contribution in [0.4, 0.5) is 5.69 Å². The van der Waals surface area contributed by atoms with Gasteiger partial charge in [0.25, 0.3) is 0 Å². The average Bonchev–Trinajstić information content (AvgIpc) is 2.52. The number of sulfonamides is 1. The number of halogens is 2. The number of hydrogen-bond acceptors (Lipinski definition) is 3. The Hall–Kier alpha value is -1.60. The lowest BCUT2D eigenvalue weighted by atomic mass is 10.3. The summed E-state index contributed by atoms with van der Waals surface area (Å²) in [5.74, 6) is -0.231. The number of carbonyl (C=O) groups excluding carboxylic acids is 1. The zero-order valence-electron chi connectivity index (χ0n) is 12.9. The molecule has 0 aliphatic carbocycles. The molecule has 5 nitrogen and oxygen atoms in total. The fourth-order valence-corrected chi connectivity index (χ4v) is 3.69. The summed E-state index contributed by atoms with van der Waals surface area (Å²) >= 11 is 11.9. The molecular formula is C16H16Cl2N2O3S. The quantitative estimate of drug-likeness (QED) is 0.827. The van der Waals surface area contributed by atoms with Crippen LogP contribution in [0.3, 0.4) is 0 Å². The lowest BCUT2D eigenvalue weighted by Gasteiger charge is -2.22. The molecule has 0 aromatic heterocycles. The third-order valence-electron chi connectivity index (χ3n) is 3.26.